The lowest BCUT2D eigenvalue weighted by atomic mass is 9.72. The number of aromatic nitrogens is 2. The second kappa shape index (κ2) is 7.78. The van der Waals surface area contributed by atoms with Crippen LogP contribution in [0.3, 0.4) is 0 Å². The maximum atomic E-state index is 12.9. The number of hydrogen-bond acceptors (Lipinski definition) is 4. The number of ether oxygens (including phenoxy) is 1. The van der Waals surface area contributed by atoms with E-state index in [4.69, 9.17) is 4.74 Å². The second-order valence-corrected chi connectivity index (χ2v) is 7.69. The summed E-state index contributed by atoms with van der Waals surface area (Å²) in [6, 6.07) is -0.224. The Morgan fingerprint density at radius 2 is 2.08 bits per heavy atom. The maximum absolute atomic E-state index is 12.9. The van der Waals surface area contributed by atoms with Crippen LogP contribution in [0.15, 0.2) is 12.4 Å². The van der Waals surface area contributed by atoms with Gasteiger partial charge in [0.1, 0.15) is 11.9 Å². The highest BCUT2D eigenvalue weighted by atomic mass is 16.5. The van der Waals surface area contributed by atoms with E-state index >= 15 is 0 Å². The Morgan fingerprint density at radius 1 is 1.35 bits per heavy atom. The van der Waals surface area contributed by atoms with Crippen molar-refractivity contribution in [3.05, 3.63) is 18.2 Å². The Morgan fingerprint density at radius 3 is 2.69 bits per heavy atom. The minimum absolute atomic E-state index is 0.157. The van der Waals surface area contributed by atoms with Crippen molar-refractivity contribution >= 4 is 11.8 Å². The fourth-order valence-electron chi connectivity index (χ4n) is 4.30. The summed E-state index contributed by atoms with van der Waals surface area (Å²) in [5, 5.41) is 0. The molecule has 1 spiro atoms. The van der Waals surface area contributed by atoms with Crippen molar-refractivity contribution in [2.45, 2.75) is 45.6 Å². The summed E-state index contributed by atoms with van der Waals surface area (Å²) in [5.41, 5.74) is 0.159. The number of rotatable bonds is 5. The molecule has 144 valence electrons. The smallest absolute Gasteiger partial charge is 0.245 e. The predicted octanol–water partition coefficient (Wildman–Crippen LogP) is 1.63. The Kier molecular flexibility index (Phi) is 5.65. The Bertz CT molecular complexity index is 649. The van der Waals surface area contributed by atoms with Crippen molar-refractivity contribution in [2.24, 2.45) is 5.41 Å². The van der Waals surface area contributed by atoms with Crippen molar-refractivity contribution in [3.63, 3.8) is 0 Å². The minimum Gasteiger partial charge on any atom is -0.383 e. The van der Waals surface area contributed by atoms with Gasteiger partial charge in [-0.05, 0) is 38.5 Å². The van der Waals surface area contributed by atoms with Crippen LogP contribution in [0.1, 0.15) is 44.5 Å². The van der Waals surface area contributed by atoms with E-state index in [0.29, 0.717) is 19.6 Å². The van der Waals surface area contributed by atoms with Gasteiger partial charge in [0.25, 0.3) is 0 Å². The molecule has 2 aliphatic heterocycles. The van der Waals surface area contributed by atoms with Crippen LogP contribution < -0.4 is 0 Å². The number of carbonyl (C=O) groups is 2. The fraction of sp³-hybridized carbons (Fsp3) is 0.737. The number of aryl methyl sites for hydroxylation is 1. The lowest BCUT2D eigenvalue weighted by Gasteiger charge is -2.47. The number of hydrogen-bond donors (Lipinski definition) is 0. The van der Waals surface area contributed by atoms with Gasteiger partial charge in [0.05, 0.1) is 6.61 Å². The van der Waals surface area contributed by atoms with E-state index in [9.17, 15) is 9.59 Å². The van der Waals surface area contributed by atoms with Gasteiger partial charge in [-0.2, -0.15) is 0 Å². The second-order valence-electron chi connectivity index (χ2n) is 7.69. The summed E-state index contributed by atoms with van der Waals surface area (Å²) in [4.78, 5) is 33.2. The highest BCUT2D eigenvalue weighted by Gasteiger charge is 2.42. The number of amides is 2. The van der Waals surface area contributed by atoms with Crippen LogP contribution in [0.2, 0.25) is 0 Å². The first kappa shape index (κ1) is 18.9. The first-order chi connectivity index (χ1) is 12.5. The van der Waals surface area contributed by atoms with Crippen LogP contribution in [-0.2, 0) is 14.3 Å². The molecule has 0 N–H and O–H groups in total. The summed E-state index contributed by atoms with van der Waals surface area (Å²) in [5.74, 6) is 1.25. The molecule has 1 atom stereocenters. The zero-order chi connectivity index (χ0) is 18.7. The van der Waals surface area contributed by atoms with E-state index in [2.05, 4.69) is 4.98 Å². The van der Waals surface area contributed by atoms with Crippen molar-refractivity contribution < 1.29 is 14.3 Å². The van der Waals surface area contributed by atoms with Gasteiger partial charge in [0, 0.05) is 52.1 Å². The number of imidazole rings is 1. The van der Waals surface area contributed by atoms with E-state index in [1.54, 1.807) is 13.3 Å². The number of nitrogens with zero attached hydrogens (tertiary/aromatic N) is 4. The summed E-state index contributed by atoms with van der Waals surface area (Å²) in [6.07, 6.45) is 7.08. The zero-order valence-electron chi connectivity index (χ0n) is 16.1. The van der Waals surface area contributed by atoms with Crippen molar-refractivity contribution in [3.8, 4) is 0 Å². The SMILES string of the molecule is COCCN1CC2(CCC1=O)CCN(C(=O)[C@@H](C)n1ccnc1C)CC2. The molecule has 7 heteroatoms. The molecule has 0 bridgehead atoms. The molecule has 0 saturated carbocycles. The molecule has 26 heavy (non-hydrogen) atoms. The van der Waals surface area contributed by atoms with Crippen LogP contribution >= 0.6 is 0 Å². The van der Waals surface area contributed by atoms with Crippen molar-refractivity contribution in [1.82, 2.24) is 19.4 Å². The molecule has 1 aromatic heterocycles. The topological polar surface area (TPSA) is 67.7 Å². The molecule has 3 rings (SSSR count). The molecule has 2 aliphatic rings. The lowest BCUT2D eigenvalue weighted by Crippen LogP contribution is -2.53. The molecule has 2 fully saturated rings. The van der Waals surface area contributed by atoms with E-state index in [-0.39, 0.29) is 23.3 Å². The van der Waals surface area contributed by atoms with Gasteiger partial charge >= 0.3 is 0 Å². The third kappa shape index (κ3) is 3.77. The van der Waals surface area contributed by atoms with E-state index in [1.165, 1.54) is 0 Å². The molecule has 2 saturated heterocycles. The number of carbonyl (C=O) groups excluding carboxylic acids is 2. The number of methoxy groups -OCH3 is 1. The van der Waals surface area contributed by atoms with Gasteiger partial charge < -0.3 is 19.1 Å². The van der Waals surface area contributed by atoms with Crippen LogP contribution in [-0.4, -0.2) is 71.1 Å². The third-order valence-electron chi connectivity index (χ3n) is 6.09. The molecule has 0 radical (unpaired) electrons. The average Bonchev–Trinajstić information content (AvgIpc) is 3.08. The van der Waals surface area contributed by atoms with Crippen molar-refractivity contribution in [2.75, 3.05) is 39.9 Å². The molecule has 3 heterocycles. The van der Waals surface area contributed by atoms with Gasteiger partial charge in [-0.15, -0.1) is 0 Å². The van der Waals surface area contributed by atoms with Gasteiger partial charge in [-0.1, -0.05) is 0 Å². The largest absolute Gasteiger partial charge is 0.383 e. The lowest BCUT2D eigenvalue weighted by molar-refractivity contribution is -0.144. The van der Waals surface area contributed by atoms with Gasteiger partial charge in [-0.3, -0.25) is 9.59 Å². The summed E-state index contributed by atoms with van der Waals surface area (Å²) < 4.78 is 7.06. The van der Waals surface area contributed by atoms with Crippen LogP contribution in [0, 0.1) is 12.3 Å². The Labute approximate surface area is 155 Å². The van der Waals surface area contributed by atoms with Gasteiger partial charge in [0.15, 0.2) is 0 Å². The molecule has 0 aliphatic carbocycles. The number of likely N-dealkylation sites (tertiary alicyclic amines) is 2. The van der Waals surface area contributed by atoms with Crippen LogP contribution in [0.5, 0.6) is 0 Å². The first-order valence-corrected chi connectivity index (χ1v) is 9.51. The predicted molar refractivity (Wildman–Crippen MR) is 97.6 cm³/mol. The van der Waals surface area contributed by atoms with Crippen LogP contribution in [0.25, 0.3) is 0 Å². The fourth-order valence-corrected chi connectivity index (χ4v) is 4.30. The van der Waals surface area contributed by atoms with E-state index < -0.39 is 0 Å². The molecule has 0 unspecified atom stereocenters. The molecular weight excluding hydrogens is 332 g/mol. The van der Waals surface area contributed by atoms with Gasteiger partial charge in [0.2, 0.25) is 11.8 Å². The molecular formula is C19H30N4O3. The maximum Gasteiger partial charge on any atom is 0.245 e. The monoisotopic (exact) mass is 362 g/mol. The molecule has 0 aromatic carbocycles. The van der Waals surface area contributed by atoms with E-state index in [0.717, 1.165) is 44.7 Å². The van der Waals surface area contributed by atoms with E-state index in [1.807, 2.05) is 34.4 Å². The zero-order valence-corrected chi connectivity index (χ0v) is 16.1. The normalized spacial score (nSPS) is 21.3. The summed E-state index contributed by atoms with van der Waals surface area (Å²) in [7, 11) is 1.66. The quantitative estimate of drug-likeness (QED) is 0.798. The number of piperidine rings is 2. The third-order valence-corrected chi connectivity index (χ3v) is 6.09. The average molecular weight is 362 g/mol. The molecule has 7 nitrogen and oxygen atoms in total. The highest BCUT2D eigenvalue weighted by Crippen LogP contribution is 2.40. The molecule has 1 aromatic rings. The van der Waals surface area contributed by atoms with Crippen molar-refractivity contribution in [1.29, 1.82) is 0 Å². The van der Waals surface area contributed by atoms with Crippen LogP contribution in [0.4, 0.5) is 0 Å². The highest BCUT2D eigenvalue weighted by molar-refractivity contribution is 5.80. The minimum atomic E-state index is -0.224. The Hall–Kier alpha value is -1.89. The standard InChI is InChI=1S/C19H30N4O3/c1-15(23-11-8-20-16(23)2)18(25)21-9-6-19(7-10-21)5-4-17(24)22(14-19)12-13-26-3/h8,11,15H,4-7,9-10,12-14H2,1-3H3/t15-/m1/s1. The summed E-state index contributed by atoms with van der Waals surface area (Å²) >= 11 is 0. The Balaban J connectivity index is 1.59. The molecule has 2 amide bonds. The van der Waals surface area contributed by atoms with Gasteiger partial charge in [-0.25, -0.2) is 4.98 Å². The first-order valence-electron chi connectivity index (χ1n) is 9.51. The summed E-state index contributed by atoms with van der Waals surface area (Å²) in [6.45, 7) is 7.43.